The van der Waals surface area contributed by atoms with Crippen molar-refractivity contribution >= 4 is 22.4 Å². The van der Waals surface area contributed by atoms with Crippen molar-refractivity contribution in [2.75, 3.05) is 13.2 Å². The van der Waals surface area contributed by atoms with E-state index in [1.165, 1.54) is 16.3 Å². The number of halogens is 1. The monoisotopic (exact) mass is 262 g/mol. The first-order valence-electron chi connectivity index (χ1n) is 6.49. The van der Waals surface area contributed by atoms with Crippen LogP contribution in [0.4, 0.5) is 0 Å². The first-order valence-corrected chi connectivity index (χ1v) is 6.92. The summed E-state index contributed by atoms with van der Waals surface area (Å²) in [6.07, 6.45) is 1.81. The van der Waals surface area contributed by atoms with Crippen LogP contribution in [0.25, 0.3) is 10.8 Å². The van der Waals surface area contributed by atoms with Crippen LogP contribution in [0, 0.1) is 0 Å². The van der Waals surface area contributed by atoms with Gasteiger partial charge in [-0.3, -0.25) is 0 Å². The Morgan fingerprint density at radius 1 is 1.11 bits per heavy atom. The summed E-state index contributed by atoms with van der Waals surface area (Å²) in [7, 11) is 0. The average Bonchev–Trinajstić information content (AvgIpc) is 2.39. The van der Waals surface area contributed by atoms with Crippen LogP contribution in [-0.2, 0) is 11.2 Å². The molecule has 96 valence electrons. The van der Waals surface area contributed by atoms with E-state index >= 15 is 0 Å². The number of benzene rings is 2. The standard InChI is InChI=1S/C16H19ClO/c1-2-18-10-9-16(17)12-13-7-8-14-5-3-4-6-15(14)11-13/h3-8,11,16H,2,9-10,12H2,1H3. The first-order chi connectivity index (χ1) is 8.79. The van der Waals surface area contributed by atoms with Crippen LogP contribution in [0.2, 0.25) is 0 Å². The van der Waals surface area contributed by atoms with Gasteiger partial charge in [-0.1, -0.05) is 42.5 Å². The molecule has 0 amide bonds. The van der Waals surface area contributed by atoms with Crippen molar-refractivity contribution in [3.8, 4) is 0 Å². The molecule has 0 aromatic heterocycles. The second-order valence-corrected chi connectivity index (χ2v) is 5.09. The van der Waals surface area contributed by atoms with Crippen LogP contribution in [-0.4, -0.2) is 18.6 Å². The van der Waals surface area contributed by atoms with Crippen LogP contribution < -0.4 is 0 Å². The molecule has 0 radical (unpaired) electrons. The predicted molar refractivity (Wildman–Crippen MR) is 78.4 cm³/mol. The van der Waals surface area contributed by atoms with Gasteiger partial charge in [0, 0.05) is 18.6 Å². The second kappa shape index (κ2) is 6.77. The van der Waals surface area contributed by atoms with Crippen molar-refractivity contribution in [1.82, 2.24) is 0 Å². The van der Waals surface area contributed by atoms with Gasteiger partial charge >= 0.3 is 0 Å². The summed E-state index contributed by atoms with van der Waals surface area (Å²) in [5.41, 5.74) is 1.30. The molecule has 0 saturated heterocycles. The lowest BCUT2D eigenvalue weighted by Gasteiger charge is -2.10. The fourth-order valence-corrected chi connectivity index (χ4v) is 2.35. The Morgan fingerprint density at radius 3 is 2.67 bits per heavy atom. The van der Waals surface area contributed by atoms with Gasteiger partial charge in [0.15, 0.2) is 0 Å². The number of hydrogen-bond donors (Lipinski definition) is 0. The van der Waals surface area contributed by atoms with E-state index in [9.17, 15) is 0 Å². The van der Waals surface area contributed by atoms with Gasteiger partial charge in [-0.25, -0.2) is 0 Å². The lowest BCUT2D eigenvalue weighted by molar-refractivity contribution is 0.144. The lowest BCUT2D eigenvalue weighted by atomic mass is 10.0. The Morgan fingerprint density at radius 2 is 1.89 bits per heavy atom. The first kappa shape index (κ1) is 13.4. The van der Waals surface area contributed by atoms with Crippen LogP contribution in [0.1, 0.15) is 18.9 Å². The van der Waals surface area contributed by atoms with Crippen molar-refractivity contribution in [2.45, 2.75) is 25.1 Å². The minimum atomic E-state index is 0.151. The van der Waals surface area contributed by atoms with E-state index in [0.29, 0.717) is 0 Å². The van der Waals surface area contributed by atoms with Crippen LogP contribution >= 0.6 is 11.6 Å². The molecule has 2 rings (SSSR count). The van der Waals surface area contributed by atoms with E-state index in [0.717, 1.165) is 26.1 Å². The maximum atomic E-state index is 6.32. The van der Waals surface area contributed by atoms with Gasteiger partial charge in [-0.2, -0.15) is 0 Å². The molecular formula is C16H19ClO. The van der Waals surface area contributed by atoms with E-state index in [-0.39, 0.29) is 5.38 Å². The molecule has 18 heavy (non-hydrogen) atoms. The third-order valence-electron chi connectivity index (χ3n) is 3.05. The SMILES string of the molecule is CCOCCC(Cl)Cc1ccc2ccccc2c1. The minimum Gasteiger partial charge on any atom is -0.382 e. The second-order valence-electron chi connectivity index (χ2n) is 4.47. The van der Waals surface area contributed by atoms with Crippen molar-refractivity contribution in [3.63, 3.8) is 0 Å². The topological polar surface area (TPSA) is 9.23 Å². The normalized spacial score (nSPS) is 12.8. The van der Waals surface area contributed by atoms with Gasteiger partial charge in [0.2, 0.25) is 0 Å². The molecule has 0 fully saturated rings. The highest BCUT2D eigenvalue weighted by Crippen LogP contribution is 2.18. The number of ether oxygens (including phenoxy) is 1. The molecule has 2 aromatic carbocycles. The van der Waals surface area contributed by atoms with Gasteiger partial charge in [-0.05, 0) is 36.1 Å². The Balaban J connectivity index is 1.98. The minimum absolute atomic E-state index is 0.151. The molecule has 1 nitrogen and oxygen atoms in total. The van der Waals surface area contributed by atoms with E-state index in [1.54, 1.807) is 0 Å². The summed E-state index contributed by atoms with van der Waals surface area (Å²) in [6, 6.07) is 15.0. The highest BCUT2D eigenvalue weighted by atomic mass is 35.5. The lowest BCUT2D eigenvalue weighted by Crippen LogP contribution is -2.07. The average molecular weight is 263 g/mol. The molecule has 0 aliphatic rings. The quantitative estimate of drug-likeness (QED) is 0.553. The van der Waals surface area contributed by atoms with Crippen LogP contribution in [0.15, 0.2) is 42.5 Å². The zero-order valence-corrected chi connectivity index (χ0v) is 11.5. The Bertz CT molecular complexity index is 495. The Kier molecular flexibility index (Phi) is 5.03. The van der Waals surface area contributed by atoms with Gasteiger partial charge in [0.05, 0.1) is 0 Å². The summed E-state index contributed by atoms with van der Waals surface area (Å²) >= 11 is 6.32. The molecule has 0 aliphatic heterocycles. The van der Waals surface area contributed by atoms with Gasteiger partial charge in [0.25, 0.3) is 0 Å². The molecule has 1 unspecified atom stereocenters. The number of hydrogen-bond acceptors (Lipinski definition) is 1. The number of rotatable bonds is 6. The van der Waals surface area contributed by atoms with Crippen molar-refractivity contribution in [3.05, 3.63) is 48.0 Å². The molecular weight excluding hydrogens is 244 g/mol. The van der Waals surface area contributed by atoms with Gasteiger partial charge in [0.1, 0.15) is 0 Å². The van der Waals surface area contributed by atoms with Crippen LogP contribution in [0.5, 0.6) is 0 Å². The Labute approximate surface area is 114 Å². The highest BCUT2D eigenvalue weighted by Gasteiger charge is 2.06. The van der Waals surface area contributed by atoms with Gasteiger partial charge in [-0.15, -0.1) is 11.6 Å². The molecule has 1 atom stereocenters. The summed E-state index contributed by atoms with van der Waals surface area (Å²) in [4.78, 5) is 0. The zero-order valence-electron chi connectivity index (χ0n) is 10.7. The summed E-state index contributed by atoms with van der Waals surface area (Å²) < 4.78 is 5.33. The smallest absolute Gasteiger partial charge is 0.0480 e. The fraction of sp³-hybridized carbons (Fsp3) is 0.375. The highest BCUT2D eigenvalue weighted by molar-refractivity contribution is 6.20. The largest absolute Gasteiger partial charge is 0.382 e. The molecule has 0 aliphatic carbocycles. The van der Waals surface area contributed by atoms with E-state index in [1.807, 2.05) is 6.92 Å². The van der Waals surface area contributed by atoms with E-state index in [2.05, 4.69) is 42.5 Å². The third-order valence-corrected chi connectivity index (χ3v) is 3.42. The number of alkyl halides is 1. The van der Waals surface area contributed by atoms with Crippen molar-refractivity contribution in [1.29, 1.82) is 0 Å². The fourth-order valence-electron chi connectivity index (χ4n) is 2.08. The molecule has 2 heteroatoms. The van der Waals surface area contributed by atoms with Crippen molar-refractivity contribution in [2.24, 2.45) is 0 Å². The number of fused-ring (bicyclic) bond motifs is 1. The molecule has 0 spiro atoms. The maximum Gasteiger partial charge on any atom is 0.0480 e. The van der Waals surface area contributed by atoms with Gasteiger partial charge < -0.3 is 4.74 Å². The van der Waals surface area contributed by atoms with Crippen molar-refractivity contribution < 1.29 is 4.74 Å². The predicted octanol–water partition coefficient (Wildman–Crippen LogP) is 4.42. The maximum absolute atomic E-state index is 6.32. The molecule has 0 saturated carbocycles. The molecule has 0 bridgehead atoms. The summed E-state index contributed by atoms with van der Waals surface area (Å²) in [5.74, 6) is 0. The zero-order chi connectivity index (χ0) is 12.8. The third kappa shape index (κ3) is 3.72. The summed E-state index contributed by atoms with van der Waals surface area (Å²) in [6.45, 7) is 3.52. The molecule has 2 aromatic rings. The van der Waals surface area contributed by atoms with E-state index in [4.69, 9.17) is 16.3 Å². The molecule has 0 heterocycles. The summed E-state index contributed by atoms with van der Waals surface area (Å²) in [5, 5.41) is 2.71. The molecule has 0 N–H and O–H groups in total. The Hall–Kier alpha value is -1.05. The van der Waals surface area contributed by atoms with E-state index < -0.39 is 0 Å². The van der Waals surface area contributed by atoms with Crippen LogP contribution in [0.3, 0.4) is 0 Å².